The number of hydrogen-bond donors (Lipinski definition) is 0. The molecule has 2 aromatic rings. The van der Waals surface area contributed by atoms with E-state index in [-0.39, 0.29) is 16.9 Å². The van der Waals surface area contributed by atoms with E-state index in [0.717, 1.165) is 17.2 Å². The lowest BCUT2D eigenvalue weighted by molar-refractivity contribution is 0.0530. The van der Waals surface area contributed by atoms with Gasteiger partial charge in [-0.05, 0) is 40.2 Å². The van der Waals surface area contributed by atoms with Crippen molar-refractivity contribution in [1.29, 1.82) is 0 Å². The Balaban J connectivity index is 1.76. The molecular formula is C23H30O3. The molecule has 2 aromatic carbocycles. The van der Waals surface area contributed by atoms with E-state index in [9.17, 15) is 0 Å². The highest BCUT2D eigenvalue weighted by Gasteiger charge is 2.25. The lowest BCUT2D eigenvalue weighted by Gasteiger charge is -2.29. The van der Waals surface area contributed by atoms with Gasteiger partial charge < -0.3 is 14.2 Å². The Bertz CT molecular complexity index is 766. The smallest absolute Gasteiger partial charge is 0.166 e. The van der Waals surface area contributed by atoms with E-state index in [4.69, 9.17) is 14.2 Å². The number of para-hydroxylation sites is 2. The van der Waals surface area contributed by atoms with Crippen molar-refractivity contribution < 1.29 is 14.2 Å². The molecule has 3 nitrogen and oxygen atoms in total. The van der Waals surface area contributed by atoms with Crippen molar-refractivity contribution in [1.82, 2.24) is 0 Å². The fourth-order valence-corrected chi connectivity index (χ4v) is 3.04. The van der Waals surface area contributed by atoms with Gasteiger partial charge in [0, 0.05) is 0 Å². The van der Waals surface area contributed by atoms with Crippen LogP contribution in [0.4, 0.5) is 0 Å². The van der Waals surface area contributed by atoms with E-state index in [2.05, 4.69) is 59.7 Å². The Morgan fingerprint density at radius 2 is 1.62 bits per heavy atom. The highest BCUT2D eigenvalue weighted by molar-refractivity contribution is 5.44. The maximum absolute atomic E-state index is 6.18. The van der Waals surface area contributed by atoms with Gasteiger partial charge in [0.05, 0.1) is 0 Å². The minimum atomic E-state index is -0.111. The zero-order valence-electron chi connectivity index (χ0n) is 16.8. The number of benzene rings is 2. The standard InChI is InChI=1S/C23H30O3/c1-22(2,3)16-11-12-19(18(13-16)23(4,5)6)24-14-17-15-25-20-9-7-8-10-21(20)26-17/h7-13,17H,14-15H2,1-6H3. The molecule has 1 aliphatic rings. The van der Waals surface area contributed by atoms with Crippen LogP contribution in [0.2, 0.25) is 0 Å². The molecule has 1 unspecified atom stereocenters. The topological polar surface area (TPSA) is 27.7 Å². The predicted molar refractivity (Wildman–Crippen MR) is 106 cm³/mol. The van der Waals surface area contributed by atoms with Crippen molar-refractivity contribution in [3.8, 4) is 17.2 Å². The molecule has 140 valence electrons. The third-order valence-corrected chi connectivity index (χ3v) is 4.65. The molecule has 0 aliphatic carbocycles. The van der Waals surface area contributed by atoms with E-state index in [1.807, 2.05) is 24.3 Å². The summed E-state index contributed by atoms with van der Waals surface area (Å²) in [6, 6.07) is 14.3. The van der Waals surface area contributed by atoms with Crippen LogP contribution in [0.3, 0.4) is 0 Å². The van der Waals surface area contributed by atoms with Gasteiger partial charge in [-0.25, -0.2) is 0 Å². The molecule has 0 fully saturated rings. The minimum Gasteiger partial charge on any atom is -0.489 e. The molecule has 0 aromatic heterocycles. The fourth-order valence-electron chi connectivity index (χ4n) is 3.04. The van der Waals surface area contributed by atoms with Crippen LogP contribution in [0.25, 0.3) is 0 Å². The Morgan fingerprint density at radius 1 is 0.923 bits per heavy atom. The number of hydrogen-bond acceptors (Lipinski definition) is 3. The van der Waals surface area contributed by atoms with Gasteiger partial charge in [0.1, 0.15) is 19.0 Å². The average Bonchev–Trinajstić information content (AvgIpc) is 2.58. The summed E-state index contributed by atoms with van der Waals surface area (Å²) >= 11 is 0. The predicted octanol–water partition coefficient (Wildman–Crippen LogP) is 5.50. The lowest BCUT2D eigenvalue weighted by atomic mass is 9.80. The molecule has 26 heavy (non-hydrogen) atoms. The van der Waals surface area contributed by atoms with Gasteiger partial charge in [-0.1, -0.05) is 65.8 Å². The van der Waals surface area contributed by atoms with Crippen molar-refractivity contribution >= 4 is 0 Å². The molecule has 0 spiro atoms. The molecule has 0 N–H and O–H groups in total. The van der Waals surface area contributed by atoms with Crippen molar-refractivity contribution in [2.45, 2.75) is 58.5 Å². The van der Waals surface area contributed by atoms with Crippen LogP contribution in [0.1, 0.15) is 52.7 Å². The third-order valence-electron chi connectivity index (χ3n) is 4.65. The zero-order chi connectivity index (χ0) is 18.9. The van der Waals surface area contributed by atoms with Gasteiger partial charge in [-0.15, -0.1) is 0 Å². The third kappa shape index (κ3) is 4.14. The molecule has 1 atom stereocenters. The first-order valence-electron chi connectivity index (χ1n) is 9.31. The Morgan fingerprint density at radius 3 is 2.27 bits per heavy atom. The van der Waals surface area contributed by atoms with Crippen molar-refractivity contribution in [2.24, 2.45) is 0 Å². The maximum Gasteiger partial charge on any atom is 0.166 e. The molecule has 0 saturated heterocycles. The van der Waals surface area contributed by atoms with E-state index < -0.39 is 0 Å². The first kappa shape index (κ1) is 18.6. The number of fused-ring (bicyclic) bond motifs is 1. The van der Waals surface area contributed by atoms with E-state index in [0.29, 0.717) is 13.2 Å². The molecule has 1 heterocycles. The molecule has 0 amide bonds. The van der Waals surface area contributed by atoms with Crippen LogP contribution in [0.5, 0.6) is 17.2 Å². The molecule has 3 heteroatoms. The molecule has 3 rings (SSSR count). The maximum atomic E-state index is 6.18. The largest absolute Gasteiger partial charge is 0.489 e. The fraction of sp³-hybridized carbons (Fsp3) is 0.478. The van der Waals surface area contributed by atoms with Crippen LogP contribution in [0.15, 0.2) is 42.5 Å². The van der Waals surface area contributed by atoms with Gasteiger partial charge in [0.2, 0.25) is 0 Å². The summed E-state index contributed by atoms with van der Waals surface area (Å²) in [5.74, 6) is 2.51. The van der Waals surface area contributed by atoms with Gasteiger partial charge in [-0.2, -0.15) is 0 Å². The SMILES string of the molecule is CC(C)(C)c1ccc(OCC2COc3ccccc3O2)c(C(C)(C)C)c1. The quantitative estimate of drug-likeness (QED) is 0.728. The highest BCUT2D eigenvalue weighted by Crippen LogP contribution is 2.36. The summed E-state index contributed by atoms with van der Waals surface area (Å²) in [6.45, 7) is 14.3. The van der Waals surface area contributed by atoms with Crippen LogP contribution in [-0.4, -0.2) is 19.3 Å². The molecule has 0 radical (unpaired) electrons. The summed E-state index contributed by atoms with van der Waals surface area (Å²) in [6.07, 6.45) is -0.111. The first-order chi connectivity index (χ1) is 12.1. The summed E-state index contributed by atoms with van der Waals surface area (Å²) in [7, 11) is 0. The summed E-state index contributed by atoms with van der Waals surface area (Å²) in [5.41, 5.74) is 2.67. The second kappa shape index (κ2) is 6.86. The van der Waals surface area contributed by atoms with Crippen molar-refractivity contribution in [3.05, 3.63) is 53.6 Å². The Labute approximate surface area is 157 Å². The lowest BCUT2D eigenvalue weighted by Crippen LogP contribution is -2.34. The minimum absolute atomic E-state index is 0.00706. The molecular weight excluding hydrogens is 324 g/mol. The van der Waals surface area contributed by atoms with E-state index in [1.54, 1.807) is 0 Å². The van der Waals surface area contributed by atoms with Crippen LogP contribution in [-0.2, 0) is 10.8 Å². The normalized spacial score (nSPS) is 17.1. The second-order valence-electron chi connectivity index (χ2n) is 9.02. The molecule has 0 bridgehead atoms. The van der Waals surface area contributed by atoms with Crippen molar-refractivity contribution in [3.63, 3.8) is 0 Å². The van der Waals surface area contributed by atoms with Gasteiger partial charge in [-0.3, -0.25) is 0 Å². The van der Waals surface area contributed by atoms with Crippen molar-refractivity contribution in [2.75, 3.05) is 13.2 Å². The summed E-state index contributed by atoms with van der Waals surface area (Å²) in [4.78, 5) is 0. The Hall–Kier alpha value is -2.16. The van der Waals surface area contributed by atoms with Gasteiger partial charge in [0.15, 0.2) is 17.6 Å². The first-order valence-corrected chi connectivity index (χ1v) is 9.31. The average molecular weight is 354 g/mol. The van der Waals surface area contributed by atoms with Crippen LogP contribution in [0, 0.1) is 0 Å². The van der Waals surface area contributed by atoms with Gasteiger partial charge >= 0.3 is 0 Å². The summed E-state index contributed by atoms with van der Waals surface area (Å²) in [5, 5.41) is 0. The van der Waals surface area contributed by atoms with Crippen LogP contribution < -0.4 is 14.2 Å². The van der Waals surface area contributed by atoms with E-state index in [1.165, 1.54) is 11.1 Å². The molecule has 0 saturated carbocycles. The Kier molecular flexibility index (Phi) is 4.92. The monoisotopic (exact) mass is 354 g/mol. The second-order valence-corrected chi connectivity index (χ2v) is 9.02. The van der Waals surface area contributed by atoms with Crippen LogP contribution >= 0.6 is 0 Å². The number of ether oxygens (including phenoxy) is 3. The molecule has 1 aliphatic heterocycles. The summed E-state index contributed by atoms with van der Waals surface area (Å²) < 4.78 is 18.0. The van der Waals surface area contributed by atoms with E-state index >= 15 is 0 Å². The zero-order valence-corrected chi connectivity index (χ0v) is 16.8. The number of rotatable bonds is 3. The highest BCUT2D eigenvalue weighted by atomic mass is 16.6. The van der Waals surface area contributed by atoms with Gasteiger partial charge in [0.25, 0.3) is 0 Å².